The van der Waals surface area contributed by atoms with E-state index in [0.717, 1.165) is 76.6 Å². The fourth-order valence-corrected chi connectivity index (χ4v) is 3.74. The average Bonchev–Trinajstić information content (AvgIpc) is 3.31. The predicted octanol–water partition coefficient (Wildman–Crippen LogP) is 1.52. The van der Waals surface area contributed by atoms with Gasteiger partial charge in [0.2, 0.25) is 5.91 Å². The largest absolute Gasteiger partial charge is 0.357 e. The van der Waals surface area contributed by atoms with Crippen molar-refractivity contribution in [2.45, 2.75) is 33.2 Å². The van der Waals surface area contributed by atoms with Crippen molar-refractivity contribution in [3.8, 4) is 0 Å². The standard InChI is InChI=1S/C21H35N7O.HI/c1-3-22-21(25-17-20(29)28-9-5-6-10-28)24-16-18-7-8-19(23-15-18)27-13-11-26(4-2)12-14-27;/h7-8,15H,3-6,9-14,16-17H2,1-2H3,(H2,22,24,25);1H. The van der Waals surface area contributed by atoms with Gasteiger partial charge in [0, 0.05) is 52.0 Å². The molecule has 2 aliphatic rings. The monoisotopic (exact) mass is 529 g/mol. The Morgan fingerprint density at radius 3 is 2.40 bits per heavy atom. The van der Waals surface area contributed by atoms with Crippen LogP contribution in [0.3, 0.4) is 0 Å². The van der Waals surface area contributed by atoms with Crippen LogP contribution in [-0.4, -0.2) is 85.6 Å². The molecular formula is C21H36IN7O. The second-order valence-electron chi connectivity index (χ2n) is 7.58. The minimum absolute atomic E-state index is 0. The molecule has 0 radical (unpaired) electrons. The van der Waals surface area contributed by atoms with Gasteiger partial charge >= 0.3 is 0 Å². The van der Waals surface area contributed by atoms with E-state index in [1.165, 1.54) is 0 Å². The molecule has 8 nitrogen and oxygen atoms in total. The maximum atomic E-state index is 12.2. The van der Waals surface area contributed by atoms with E-state index in [-0.39, 0.29) is 36.4 Å². The Kier molecular flexibility index (Phi) is 10.6. The van der Waals surface area contributed by atoms with Crippen molar-refractivity contribution in [3.05, 3.63) is 23.9 Å². The third-order valence-electron chi connectivity index (χ3n) is 5.58. The van der Waals surface area contributed by atoms with Crippen LogP contribution in [0.2, 0.25) is 0 Å². The zero-order valence-electron chi connectivity index (χ0n) is 18.3. The van der Waals surface area contributed by atoms with Crippen molar-refractivity contribution >= 4 is 41.7 Å². The Labute approximate surface area is 197 Å². The number of aromatic nitrogens is 1. The number of rotatable bonds is 7. The van der Waals surface area contributed by atoms with E-state index in [2.05, 4.69) is 49.5 Å². The molecule has 3 heterocycles. The lowest BCUT2D eigenvalue weighted by molar-refractivity contribution is -0.128. The van der Waals surface area contributed by atoms with E-state index in [1.807, 2.05) is 18.0 Å². The van der Waals surface area contributed by atoms with Crippen molar-refractivity contribution in [2.24, 2.45) is 4.99 Å². The molecule has 0 aromatic carbocycles. The molecule has 2 aliphatic heterocycles. The third kappa shape index (κ3) is 7.26. The molecule has 9 heteroatoms. The molecule has 1 aromatic heterocycles. The smallest absolute Gasteiger partial charge is 0.241 e. The van der Waals surface area contributed by atoms with Crippen molar-refractivity contribution in [1.29, 1.82) is 0 Å². The van der Waals surface area contributed by atoms with E-state index in [4.69, 9.17) is 0 Å². The van der Waals surface area contributed by atoms with Gasteiger partial charge in [-0.15, -0.1) is 24.0 Å². The van der Waals surface area contributed by atoms with Crippen LogP contribution in [0.5, 0.6) is 0 Å². The first-order valence-electron chi connectivity index (χ1n) is 10.9. The van der Waals surface area contributed by atoms with Gasteiger partial charge in [-0.3, -0.25) is 4.79 Å². The van der Waals surface area contributed by atoms with Crippen molar-refractivity contribution < 1.29 is 4.79 Å². The minimum Gasteiger partial charge on any atom is -0.357 e. The SMILES string of the molecule is CCNC(=NCc1ccc(N2CCN(CC)CC2)nc1)NCC(=O)N1CCCC1.I. The molecule has 2 saturated heterocycles. The summed E-state index contributed by atoms with van der Waals surface area (Å²) in [5, 5.41) is 6.36. The number of likely N-dealkylation sites (tertiary alicyclic amines) is 1. The van der Waals surface area contributed by atoms with Crippen LogP contribution in [0, 0.1) is 0 Å². The van der Waals surface area contributed by atoms with Gasteiger partial charge in [-0.2, -0.15) is 0 Å². The molecule has 2 N–H and O–H groups in total. The lowest BCUT2D eigenvalue weighted by atomic mass is 10.2. The van der Waals surface area contributed by atoms with E-state index in [9.17, 15) is 4.79 Å². The molecule has 0 saturated carbocycles. The van der Waals surface area contributed by atoms with Gasteiger partial charge in [0.25, 0.3) is 0 Å². The molecule has 0 spiro atoms. The number of piperazine rings is 1. The molecule has 0 bridgehead atoms. The molecule has 0 atom stereocenters. The number of aliphatic imine (C=N–C) groups is 1. The summed E-state index contributed by atoms with van der Waals surface area (Å²) in [5.74, 6) is 1.84. The minimum atomic E-state index is 0. The number of likely N-dealkylation sites (N-methyl/N-ethyl adjacent to an activating group) is 1. The summed E-state index contributed by atoms with van der Waals surface area (Å²) in [5.41, 5.74) is 1.06. The van der Waals surface area contributed by atoms with Crippen LogP contribution < -0.4 is 15.5 Å². The lowest BCUT2D eigenvalue weighted by Gasteiger charge is -2.34. The highest BCUT2D eigenvalue weighted by Crippen LogP contribution is 2.14. The number of amides is 1. The molecule has 2 fully saturated rings. The van der Waals surface area contributed by atoms with Crippen molar-refractivity contribution in [3.63, 3.8) is 0 Å². The summed E-state index contributed by atoms with van der Waals surface area (Å²) in [6, 6.07) is 4.18. The maximum Gasteiger partial charge on any atom is 0.241 e. The van der Waals surface area contributed by atoms with Gasteiger partial charge in [0.15, 0.2) is 5.96 Å². The Morgan fingerprint density at radius 1 is 1.07 bits per heavy atom. The van der Waals surface area contributed by atoms with Crippen LogP contribution >= 0.6 is 24.0 Å². The molecule has 0 aliphatic carbocycles. The third-order valence-corrected chi connectivity index (χ3v) is 5.58. The first-order valence-corrected chi connectivity index (χ1v) is 10.9. The van der Waals surface area contributed by atoms with E-state index < -0.39 is 0 Å². The van der Waals surface area contributed by atoms with Crippen LogP contribution in [-0.2, 0) is 11.3 Å². The quantitative estimate of drug-likeness (QED) is 0.317. The van der Waals surface area contributed by atoms with Gasteiger partial charge in [-0.05, 0) is 37.9 Å². The molecular weight excluding hydrogens is 493 g/mol. The normalized spacial score (nSPS) is 17.6. The van der Waals surface area contributed by atoms with E-state index >= 15 is 0 Å². The average molecular weight is 529 g/mol. The Balaban J connectivity index is 0.00000320. The van der Waals surface area contributed by atoms with Gasteiger partial charge in [-0.1, -0.05) is 13.0 Å². The predicted molar refractivity (Wildman–Crippen MR) is 133 cm³/mol. The number of halogens is 1. The Bertz CT molecular complexity index is 668. The molecule has 1 aromatic rings. The topological polar surface area (TPSA) is 76.1 Å². The summed E-state index contributed by atoms with van der Waals surface area (Å²) in [6.45, 7) is 12.9. The van der Waals surface area contributed by atoms with E-state index in [0.29, 0.717) is 12.5 Å². The molecule has 0 unspecified atom stereocenters. The summed E-state index contributed by atoms with van der Waals surface area (Å²) >= 11 is 0. The number of hydrogen-bond acceptors (Lipinski definition) is 5. The number of nitrogens with one attached hydrogen (secondary N) is 2. The molecule has 3 rings (SSSR count). The van der Waals surface area contributed by atoms with Crippen LogP contribution in [0.1, 0.15) is 32.3 Å². The fourth-order valence-electron chi connectivity index (χ4n) is 3.74. The highest BCUT2D eigenvalue weighted by Gasteiger charge is 2.18. The van der Waals surface area contributed by atoms with Crippen LogP contribution in [0.25, 0.3) is 0 Å². The second kappa shape index (κ2) is 12.9. The Hall–Kier alpha value is -1.62. The first kappa shape index (κ1) is 24.6. The van der Waals surface area contributed by atoms with Gasteiger partial charge < -0.3 is 25.3 Å². The highest BCUT2D eigenvalue weighted by atomic mass is 127. The second-order valence-corrected chi connectivity index (χ2v) is 7.58. The number of anilines is 1. The zero-order valence-corrected chi connectivity index (χ0v) is 20.6. The summed E-state index contributed by atoms with van der Waals surface area (Å²) in [6.07, 6.45) is 4.12. The number of pyridine rings is 1. The zero-order chi connectivity index (χ0) is 20.5. The van der Waals surface area contributed by atoms with Crippen LogP contribution in [0.4, 0.5) is 5.82 Å². The first-order chi connectivity index (χ1) is 14.2. The summed E-state index contributed by atoms with van der Waals surface area (Å²) in [7, 11) is 0. The Morgan fingerprint density at radius 2 is 1.80 bits per heavy atom. The van der Waals surface area contributed by atoms with Crippen molar-refractivity contribution in [1.82, 2.24) is 25.4 Å². The lowest BCUT2D eigenvalue weighted by Crippen LogP contribution is -2.46. The maximum absolute atomic E-state index is 12.2. The molecule has 30 heavy (non-hydrogen) atoms. The fraction of sp³-hybridized carbons (Fsp3) is 0.667. The van der Waals surface area contributed by atoms with Gasteiger partial charge in [0.1, 0.15) is 5.82 Å². The van der Waals surface area contributed by atoms with Gasteiger partial charge in [-0.25, -0.2) is 9.98 Å². The summed E-state index contributed by atoms with van der Waals surface area (Å²) in [4.78, 5) is 28.2. The van der Waals surface area contributed by atoms with Gasteiger partial charge in [0.05, 0.1) is 13.1 Å². The molecule has 168 valence electrons. The molecule has 1 amide bonds. The van der Waals surface area contributed by atoms with Crippen molar-refractivity contribution in [2.75, 3.05) is 63.8 Å². The van der Waals surface area contributed by atoms with E-state index in [1.54, 1.807) is 0 Å². The number of guanidine groups is 1. The van der Waals surface area contributed by atoms with Crippen LogP contribution in [0.15, 0.2) is 23.3 Å². The number of nitrogens with zero attached hydrogens (tertiary/aromatic N) is 5. The summed E-state index contributed by atoms with van der Waals surface area (Å²) < 4.78 is 0. The number of carbonyl (C=O) groups excluding carboxylic acids is 1. The number of hydrogen-bond donors (Lipinski definition) is 2. The number of carbonyl (C=O) groups is 1. The highest BCUT2D eigenvalue weighted by molar-refractivity contribution is 14.0.